The third-order valence-electron chi connectivity index (χ3n) is 8.76. The first kappa shape index (κ1) is 40.6. The van der Waals surface area contributed by atoms with E-state index in [4.69, 9.17) is 51.1 Å². The average Bonchev–Trinajstić information content (AvgIpc) is 3.49. The van der Waals surface area contributed by atoms with Crippen LogP contribution in [0.25, 0.3) is 0 Å². The highest BCUT2D eigenvalue weighted by Gasteiger charge is 2.24. The standard InChI is InChI=1S/C18H18Cl3NO.C12H18O2.C10H13ClO/c1-11(2-3-12-4-5-15(19)16(20)6-12)22-9-13-7-17(21)18(23)8-14(13)10-22;1-9(2)4-5-10-6-7-11(13)12(8-10)14-3;1-3-7-5-9(11)10(12)6-8(7)4-2/h4-8,11,23H,2-3,9-10H2,1H3;6-9,13H,4-5H2,1-3H3;5-6,12H,3-4H2,1-2H3/t11-;;/m1../s1. The maximum Gasteiger partial charge on any atom is 0.160 e. The molecule has 1 heterocycles. The van der Waals surface area contributed by atoms with Crippen molar-refractivity contribution in [3.8, 4) is 23.0 Å². The molecule has 0 saturated heterocycles. The highest BCUT2D eigenvalue weighted by molar-refractivity contribution is 6.42. The monoisotopic (exact) mass is 747 g/mol. The lowest BCUT2D eigenvalue weighted by atomic mass is 10.0. The molecule has 5 rings (SSSR count). The summed E-state index contributed by atoms with van der Waals surface area (Å²) < 4.78 is 5.04. The summed E-state index contributed by atoms with van der Waals surface area (Å²) in [5.41, 5.74) is 7.18. The van der Waals surface area contributed by atoms with Crippen LogP contribution < -0.4 is 4.74 Å². The Morgan fingerprint density at radius 2 is 1.18 bits per heavy atom. The predicted molar refractivity (Wildman–Crippen MR) is 206 cm³/mol. The van der Waals surface area contributed by atoms with Crippen LogP contribution in [-0.2, 0) is 38.8 Å². The number of phenols is 3. The molecule has 4 aromatic rings. The first-order chi connectivity index (χ1) is 23.3. The number of aromatic hydroxyl groups is 3. The summed E-state index contributed by atoms with van der Waals surface area (Å²) in [6.07, 6.45) is 6.09. The molecule has 0 aliphatic carbocycles. The van der Waals surface area contributed by atoms with E-state index in [1.165, 1.54) is 27.8 Å². The Kier molecular flexibility index (Phi) is 16.2. The van der Waals surface area contributed by atoms with Crippen molar-refractivity contribution < 1.29 is 20.1 Å². The number of halogens is 4. The summed E-state index contributed by atoms with van der Waals surface area (Å²) in [5.74, 6) is 1.82. The largest absolute Gasteiger partial charge is 0.506 e. The van der Waals surface area contributed by atoms with E-state index in [1.807, 2.05) is 42.5 Å². The zero-order chi connectivity index (χ0) is 36.2. The number of hydrogen-bond acceptors (Lipinski definition) is 5. The SMILES string of the molecule is CCc1cc(O)c(Cl)cc1CC.COc1cc(CCC(C)C)ccc1O.C[C@H](CCc1ccc(Cl)c(Cl)c1)N1Cc2cc(O)c(Cl)cc2C1. The van der Waals surface area contributed by atoms with Crippen molar-refractivity contribution >= 4 is 46.4 Å². The molecule has 0 spiro atoms. The van der Waals surface area contributed by atoms with Gasteiger partial charge in [-0.25, -0.2) is 0 Å². The number of methoxy groups -OCH3 is 1. The fraction of sp³-hybridized carbons (Fsp3) is 0.400. The van der Waals surface area contributed by atoms with E-state index in [-0.39, 0.29) is 17.2 Å². The molecule has 0 radical (unpaired) electrons. The van der Waals surface area contributed by atoms with Gasteiger partial charge in [-0.1, -0.05) is 86.2 Å². The van der Waals surface area contributed by atoms with Crippen LogP contribution in [-0.4, -0.2) is 33.4 Å². The lowest BCUT2D eigenvalue weighted by Crippen LogP contribution is -2.28. The normalized spacial score (nSPS) is 12.9. The van der Waals surface area contributed by atoms with Crippen LogP contribution in [0.4, 0.5) is 0 Å². The summed E-state index contributed by atoms with van der Waals surface area (Å²) >= 11 is 23.8. The van der Waals surface area contributed by atoms with Gasteiger partial charge in [-0.15, -0.1) is 0 Å². The second kappa shape index (κ2) is 19.6. The minimum atomic E-state index is 0.163. The van der Waals surface area contributed by atoms with E-state index >= 15 is 0 Å². The molecular formula is C40H49Cl4NO4. The molecule has 266 valence electrons. The number of fused-ring (bicyclic) bond motifs is 1. The van der Waals surface area contributed by atoms with E-state index in [2.05, 4.69) is 39.5 Å². The molecule has 0 fully saturated rings. The molecule has 1 aliphatic rings. The van der Waals surface area contributed by atoms with Crippen LogP contribution in [0.15, 0.2) is 60.7 Å². The fourth-order valence-corrected chi connectivity index (χ4v) is 6.33. The van der Waals surface area contributed by atoms with E-state index in [9.17, 15) is 15.3 Å². The molecule has 5 nitrogen and oxygen atoms in total. The van der Waals surface area contributed by atoms with Gasteiger partial charge in [-0.3, -0.25) is 4.90 Å². The van der Waals surface area contributed by atoms with Crippen molar-refractivity contribution in [2.24, 2.45) is 5.92 Å². The van der Waals surface area contributed by atoms with Crippen molar-refractivity contribution in [2.75, 3.05) is 7.11 Å². The van der Waals surface area contributed by atoms with Crippen molar-refractivity contribution in [1.29, 1.82) is 0 Å². The van der Waals surface area contributed by atoms with Gasteiger partial charge < -0.3 is 20.1 Å². The van der Waals surface area contributed by atoms with Gasteiger partial charge in [0.05, 0.1) is 27.2 Å². The van der Waals surface area contributed by atoms with Crippen LogP contribution in [0.5, 0.6) is 23.0 Å². The highest BCUT2D eigenvalue weighted by Crippen LogP contribution is 2.34. The minimum Gasteiger partial charge on any atom is -0.506 e. The van der Waals surface area contributed by atoms with Gasteiger partial charge in [0, 0.05) is 19.1 Å². The zero-order valence-electron chi connectivity index (χ0n) is 29.3. The van der Waals surface area contributed by atoms with Gasteiger partial charge in [0.25, 0.3) is 0 Å². The van der Waals surface area contributed by atoms with Crippen LogP contribution in [0.3, 0.4) is 0 Å². The maximum atomic E-state index is 9.73. The van der Waals surface area contributed by atoms with E-state index < -0.39 is 0 Å². The molecule has 4 aromatic carbocycles. The number of ether oxygens (including phenoxy) is 1. The Morgan fingerprint density at radius 1 is 0.633 bits per heavy atom. The van der Waals surface area contributed by atoms with Gasteiger partial charge in [-0.2, -0.15) is 0 Å². The molecule has 0 bridgehead atoms. The number of rotatable bonds is 10. The van der Waals surface area contributed by atoms with Crippen LogP contribution in [0, 0.1) is 5.92 Å². The van der Waals surface area contributed by atoms with Gasteiger partial charge in [0.1, 0.15) is 11.5 Å². The van der Waals surface area contributed by atoms with Crippen LogP contribution >= 0.6 is 46.4 Å². The summed E-state index contributed by atoms with van der Waals surface area (Å²) in [7, 11) is 1.57. The lowest BCUT2D eigenvalue weighted by Gasteiger charge is -2.23. The molecule has 0 amide bonds. The number of aryl methyl sites for hydroxylation is 4. The molecule has 3 N–H and O–H groups in total. The van der Waals surface area contributed by atoms with Gasteiger partial charge in [0.15, 0.2) is 11.5 Å². The smallest absolute Gasteiger partial charge is 0.160 e. The summed E-state index contributed by atoms with van der Waals surface area (Å²) in [6, 6.07) is 19.0. The quantitative estimate of drug-likeness (QED) is 0.151. The molecule has 1 atom stereocenters. The molecular weight excluding hydrogens is 700 g/mol. The first-order valence-corrected chi connectivity index (χ1v) is 18.3. The van der Waals surface area contributed by atoms with Crippen LogP contribution in [0.2, 0.25) is 20.1 Å². The summed E-state index contributed by atoms with van der Waals surface area (Å²) in [6.45, 7) is 12.5. The number of hydrogen-bond donors (Lipinski definition) is 3. The molecule has 1 aliphatic heterocycles. The molecule has 9 heteroatoms. The Labute approximate surface area is 312 Å². The summed E-state index contributed by atoms with van der Waals surface area (Å²) in [4.78, 5) is 2.40. The molecule has 49 heavy (non-hydrogen) atoms. The van der Waals surface area contributed by atoms with E-state index in [1.54, 1.807) is 25.3 Å². The first-order valence-electron chi connectivity index (χ1n) is 16.8. The van der Waals surface area contributed by atoms with Crippen molar-refractivity contribution in [1.82, 2.24) is 4.90 Å². The predicted octanol–water partition coefficient (Wildman–Crippen LogP) is 11.8. The van der Waals surface area contributed by atoms with E-state index in [0.29, 0.717) is 37.8 Å². The number of nitrogens with zero attached hydrogens (tertiary/aromatic N) is 1. The minimum absolute atomic E-state index is 0.163. The van der Waals surface area contributed by atoms with Crippen molar-refractivity contribution in [3.05, 3.63) is 114 Å². The number of benzene rings is 4. The third-order valence-corrected chi connectivity index (χ3v) is 10.1. The molecule has 0 saturated carbocycles. The summed E-state index contributed by atoms with van der Waals surface area (Å²) in [5, 5.41) is 30.5. The van der Waals surface area contributed by atoms with Gasteiger partial charge >= 0.3 is 0 Å². The third kappa shape index (κ3) is 12.2. The highest BCUT2D eigenvalue weighted by atomic mass is 35.5. The number of phenolic OH excluding ortho intramolecular Hbond substituents is 3. The topological polar surface area (TPSA) is 73.2 Å². The molecule has 0 unspecified atom stereocenters. The fourth-order valence-electron chi connectivity index (χ4n) is 5.64. The Bertz CT molecular complexity index is 1620. The van der Waals surface area contributed by atoms with Gasteiger partial charge in [-0.05, 0) is 133 Å². The zero-order valence-corrected chi connectivity index (χ0v) is 32.3. The Balaban J connectivity index is 0.000000215. The van der Waals surface area contributed by atoms with Gasteiger partial charge in [0.2, 0.25) is 0 Å². The average molecular weight is 750 g/mol. The van der Waals surface area contributed by atoms with E-state index in [0.717, 1.165) is 57.2 Å². The van der Waals surface area contributed by atoms with Crippen LogP contribution in [0.1, 0.15) is 80.8 Å². The second-order valence-electron chi connectivity index (χ2n) is 12.8. The Hall–Kier alpha value is -2.80. The molecule has 0 aromatic heterocycles. The second-order valence-corrected chi connectivity index (χ2v) is 14.5. The van der Waals surface area contributed by atoms with Crippen molar-refractivity contribution in [3.63, 3.8) is 0 Å². The Morgan fingerprint density at radius 3 is 1.80 bits per heavy atom. The van der Waals surface area contributed by atoms with Crippen molar-refractivity contribution in [2.45, 2.75) is 92.3 Å². The lowest BCUT2D eigenvalue weighted by molar-refractivity contribution is 0.203. The maximum absolute atomic E-state index is 9.73.